The largest absolute Gasteiger partial charge is 0.508 e. The highest BCUT2D eigenvalue weighted by Crippen LogP contribution is 2.66. The summed E-state index contributed by atoms with van der Waals surface area (Å²) in [5.74, 6) is -5.44. The predicted molar refractivity (Wildman–Crippen MR) is 184 cm³/mol. The number of allylic oxidation sites excluding steroid dienone is 2. The van der Waals surface area contributed by atoms with Crippen molar-refractivity contribution in [3.63, 3.8) is 0 Å². The summed E-state index contributed by atoms with van der Waals surface area (Å²) < 4.78 is 5.41. The number of alkyl halides is 2. The number of phenolic OH excluding ortho intramolecular Hbond substituents is 1. The minimum atomic E-state index is -2.01. The van der Waals surface area contributed by atoms with Gasteiger partial charge < -0.3 is 14.7 Å². The quantitative estimate of drug-likeness (QED) is 0.143. The molecule has 1 N–H and O–H groups in total. The number of anilines is 2. The number of azo groups is 1. The molecule has 2 saturated heterocycles. The fourth-order valence-electron chi connectivity index (χ4n) is 7.84. The van der Waals surface area contributed by atoms with E-state index in [-0.39, 0.29) is 30.1 Å². The first-order chi connectivity index (χ1) is 23.3. The summed E-state index contributed by atoms with van der Waals surface area (Å²) in [5.41, 5.74) is 3.42. The van der Waals surface area contributed by atoms with Crippen molar-refractivity contribution in [2.75, 3.05) is 38.1 Å². The van der Waals surface area contributed by atoms with Gasteiger partial charge in [0.15, 0.2) is 9.75 Å². The smallest absolute Gasteiger partial charge is 0.253 e. The lowest BCUT2D eigenvalue weighted by Gasteiger charge is -2.50. The predicted octanol–water partition coefficient (Wildman–Crippen LogP) is 6.08. The number of halogens is 2. The molecule has 2 heterocycles. The number of amides is 4. The van der Waals surface area contributed by atoms with Crippen LogP contribution in [0.1, 0.15) is 24.3 Å². The Morgan fingerprint density at radius 1 is 0.878 bits per heavy atom. The van der Waals surface area contributed by atoms with Crippen molar-refractivity contribution in [3.05, 3.63) is 83.9 Å². The molecule has 0 spiro atoms. The van der Waals surface area contributed by atoms with Crippen molar-refractivity contribution in [3.8, 4) is 11.5 Å². The van der Waals surface area contributed by atoms with Crippen LogP contribution >= 0.6 is 23.2 Å². The average Bonchev–Trinajstić information content (AvgIpc) is 3.43. The maximum absolute atomic E-state index is 14.3. The zero-order valence-electron chi connectivity index (χ0n) is 27.1. The van der Waals surface area contributed by atoms with Crippen LogP contribution < -0.4 is 14.5 Å². The number of hydrogen-bond donors (Lipinski definition) is 1. The van der Waals surface area contributed by atoms with Crippen molar-refractivity contribution in [2.45, 2.75) is 28.5 Å². The minimum Gasteiger partial charge on any atom is -0.508 e. The van der Waals surface area contributed by atoms with Gasteiger partial charge in [0.25, 0.3) is 11.8 Å². The van der Waals surface area contributed by atoms with E-state index in [1.165, 1.54) is 25.1 Å². The number of carbonyl (C=O) groups is 4. The van der Waals surface area contributed by atoms with Gasteiger partial charge in [-0.15, -0.1) is 23.2 Å². The number of phenols is 1. The van der Waals surface area contributed by atoms with E-state index < -0.39 is 51.1 Å². The minimum absolute atomic E-state index is 0.150. The highest BCUT2D eigenvalue weighted by Gasteiger charge is 2.76. The molecule has 252 valence electrons. The van der Waals surface area contributed by atoms with Crippen LogP contribution in [0.4, 0.5) is 22.7 Å². The Kier molecular flexibility index (Phi) is 7.83. The van der Waals surface area contributed by atoms with Gasteiger partial charge in [-0.1, -0.05) is 11.6 Å². The molecule has 0 bridgehead atoms. The number of nitrogens with zero attached hydrogens (tertiary/aromatic N) is 5. The number of likely N-dealkylation sites (tertiary alicyclic amines) is 1. The van der Waals surface area contributed by atoms with E-state index in [1.807, 2.05) is 49.3 Å². The summed E-state index contributed by atoms with van der Waals surface area (Å²) in [7, 11) is 6.68. The third-order valence-electron chi connectivity index (χ3n) is 10.3. The van der Waals surface area contributed by atoms with Crippen LogP contribution in [0.2, 0.25) is 0 Å². The van der Waals surface area contributed by atoms with Crippen LogP contribution in [0.15, 0.2) is 88.6 Å². The Morgan fingerprint density at radius 2 is 1.51 bits per heavy atom. The van der Waals surface area contributed by atoms with Gasteiger partial charge >= 0.3 is 0 Å². The zero-order valence-corrected chi connectivity index (χ0v) is 28.6. The number of methoxy groups -OCH3 is 1. The van der Waals surface area contributed by atoms with E-state index in [4.69, 9.17) is 27.9 Å². The Hall–Kier alpha value is -4.74. The van der Waals surface area contributed by atoms with Crippen LogP contribution in [0.5, 0.6) is 11.5 Å². The Balaban J connectivity index is 1.22. The van der Waals surface area contributed by atoms with Crippen molar-refractivity contribution < 1.29 is 29.0 Å². The van der Waals surface area contributed by atoms with Gasteiger partial charge in [-0.05, 0) is 85.5 Å². The first-order valence-electron chi connectivity index (χ1n) is 15.8. The maximum Gasteiger partial charge on any atom is 0.253 e. The molecule has 13 heteroatoms. The number of fused-ring (bicyclic) bond motifs is 4. The van der Waals surface area contributed by atoms with Gasteiger partial charge in [-0.25, -0.2) is 0 Å². The van der Waals surface area contributed by atoms with Gasteiger partial charge in [0.1, 0.15) is 11.5 Å². The molecule has 4 amide bonds. The van der Waals surface area contributed by atoms with Gasteiger partial charge in [-0.2, -0.15) is 10.2 Å². The maximum atomic E-state index is 14.3. The second kappa shape index (κ2) is 11.7. The summed E-state index contributed by atoms with van der Waals surface area (Å²) in [4.78, 5) is 55.8. The fraction of sp³-hybridized carbons (Fsp3) is 0.333. The third kappa shape index (κ3) is 4.77. The summed E-state index contributed by atoms with van der Waals surface area (Å²) in [6.07, 6.45) is 1.86. The molecule has 1 saturated carbocycles. The lowest BCUT2D eigenvalue weighted by atomic mass is 9.56. The Morgan fingerprint density at radius 3 is 2.12 bits per heavy atom. The molecule has 6 atom stereocenters. The van der Waals surface area contributed by atoms with Crippen LogP contribution in [0, 0.1) is 17.8 Å². The molecule has 3 fully saturated rings. The van der Waals surface area contributed by atoms with Crippen LogP contribution in [-0.2, 0) is 19.2 Å². The highest BCUT2D eigenvalue weighted by molar-refractivity contribution is 6.53. The molecule has 7 rings (SSSR count). The first-order valence-corrected chi connectivity index (χ1v) is 16.5. The van der Waals surface area contributed by atoms with E-state index in [2.05, 4.69) is 10.2 Å². The second-order valence-corrected chi connectivity index (χ2v) is 14.3. The topological polar surface area (TPSA) is 132 Å². The molecule has 2 aliphatic carbocycles. The average molecular weight is 703 g/mol. The lowest BCUT2D eigenvalue weighted by molar-refractivity contribution is -0.138. The molecule has 0 aromatic heterocycles. The van der Waals surface area contributed by atoms with Gasteiger partial charge in [0, 0.05) is 38.3 Å². The van der Waals surface area contributed by atoms with Crippen LogP contribution in [0.25, 0.3) is 0 Å². The number of imide groups is 2. The van der Waals surface area contributed by atoms with E-state index in [0.717, 1.165) is 10.6 Å². The monoisotopic (exact) mass is 701 g/mol. The number of ether oxygens (including phenoxy) is 1. The number of rotatable bonds is 6. The summed E-state index contributed by atoms with van der Waals surface area (Å²) in [5, 5.41) is 19.7. The number of carbonyl (C=O) groups excluding carboxylic acids is 4. The van der Waals surface area contributed by atoms with E-state index in [1.54, 1.807) is 36.4 Å². The standard InChI is InChI=1S/C36H33Cl2N5O6/c1-41(2)21-9-5-19(6-10-21)39-40-20-7-11-22(12-8-20)43-31(45)25-15-14-24-27(29(25)32(43)46)18-35(37)33(47)42(3)34(48)36(35,38)30(24)26-17-23(49-4)13-16-28(26)44/h5-14,16-17,25,27,29-30,44H,15,18H2,1-4H3/t25-,27+,29-,30+,35+,36-/m0/s1. The normalized spacial score (nSPS) is 29.2. The fourth-order valence-corrected chi connectivity index (χ4v) is 8.85. The van der Waals surface area contributed by atoms with E-state index in [0.29, 0.717) is 28.4 Å². The molecular formula is C36H33Cl2N5O6. The summed E-state index contributed by atoms with van der Waals surface area (Å²) in [6.45, 7) is 0. The zero-order chi connectivity index (χ0) is 35.0. The SMILES string of the molecule is COc1ccc(O)c([C@H]2C3=CC[C@@H]4C(=O)N(c5ccc(N=Nc6ccc(N(C)C)cc6)cc5)C(=O)[C@@H]4[C@@H]3C[C@@]3(Cl)C(=O)N(C)C(=O)[C@@]23Cl)c1. The van der Waals surface area contributed by atoms with Crippen molar-refractivity contribution in [1.82, 2.24) is 4.90 Å². The van der Waals surface area contributed by atoms with Crippen molar-refractivity contribution in [2.24, 2.45) is 28.0 Å². The van der Waals surface area contributed by atoms with Gasteiger partial charge in [0.05, 0.1) is 36.0 Å². The van der Waals surface area contributed by atoms with E-state index in [9.17, 15) is 24.3 Å². The highest BCUT2D eigenvalue weighted by atomic mass is 35.5. The lowest BCUT2D eigenvalue weighted by Crippen LogP contribution is -2.60. The Labute approximate surface area is 292 Å². The summed E-state index contributed by atoms with van der Waals surface area (Å²) >= 11 is 14.4. The van der Waals surface area contributed by atoms with Crippen LogP contribution in [0.3, 0.4) is 0 Å². The van der Waals surface area contributed by atoms with Crippen LogP contribution in [-0.4, -0.2) is 71.6 Å². The molecule has 49 heavy (non-hydrogen) atoms. The van der Waals surface area contributed by atoms with Crippen molar-refractivity contribution >= 4 is 69.6 Å². The van der Waals surface area contributed by atoms with Gasteiger partial charge in [-0.3, -0.25) is 29.0 Å². The Bertz CT molecular complexity index is 1960. The molecule has 0 unspecified atom stereocenters. The molecule has 4 aliphatic rings. The molecule has 0 radical (unpaired) electrons. The molecule has 2 aliphatic heterocycles. The summed E-state index contributed by atoms with van der Waals surface area (Å²) in [6, 6.07) is 18.8. The van der Waals surface area contributed by atoms with Crippen molar-refractivity contribution in [1.29, 1.82) is 0 Å². The number of benzene rings is 3. The number of aromatic hydroxyl groups is 1. The first kappa shape index (κ1) is 32.8. The molecule has 3 aromatic rings. The molecular weight excluding hydrogens is 669 g/mol. The second-order valence-electron chi connectivity index (χ2n) is 13.1. The molecule has 3 aromatic carbocycles. The van der Waals surface area contributed by atoms with E-state index >= 15 is 0 Å². The van der Waals surface area contributed by atoms with Gasteiger partial charge in [0.2, 0.25) is 11.8 Å². The third-order valence-corrected chi connectivity index (χ3v) is 11.7. The molecule has 11 nitrogen and oxygen atoms in total. The number of hydrogen-bond acceptors (Lipinski definition) is 9.